The molecule has 0 atom stereocenters. The molecule has 0 aromatic heterocycles. The third-order valence-corrected chi connectivity index (χ3v) is 4.58. The highest BCUT2D eigenvalue weighted by Gasteiger charge is 2.21. The number of carboxylic acid groups (broad SMARTS) is 1. The van der Waals surface area contributed by atoms with E-state index >= 15 is 0 Å². The minimum atomic E-state index is -3.38. The summed E-state index contributed by atoms with van der Waals surface area (Å²) in [6, 6.07) is 15.7. The lowest BCUT2D eigenvalue weighted by atomic mass is 10.1. The summed E-state index contributed by atoms with van der Waals surface area (Å²) in [4.78, 5) is 23.6. The number of rotatable bonds is 7. The molecule has 1 amide bonds. The van der Waals surface area contributed by atoms with E-state index in [1.165, 1.54) is 18.2 Å². The van der Waals surface area contributed by atoms with Gasteiger partial charge in [-0.2, -0.15) is 0 Å². The van der Waals surface area contributed by atoms with Crippen LogP contribution in [0.5, 0.6) is 11.5 Å². The molecule has 0 spiro atoms. The third-order valence-electron chi connectivity index (χ3n) is 3.98. The number of hydrogen-bond acceptors (Lipinski definition) is 5. The first kappa shape index (κ1) is 21.8. The van der Waals surface area contributed by atoms with E-state index < -0.39 is 38.8 Å². The Hall–Kier alpha value is -3.92. The molecule has 0 aliphatic rings. The van der Waals surface area contributed by atoms with Crippen LogP contribution in [0, 0.1) is 5.82 Å². The smallest absolute Gasteiger partial charge is 0.336 e. The normalized spacial score (nSPS) is 10.9. The number of nitrogens with one attached hydrogen (secondary N) is 2. The van der Waals surface area contributed by atoms with Gasteiger partial charge in [-0.05, 0) is 60.7 Å². The van der Waals surface area contributed by atoms with E-state index in [2.05, 4.69) is 10.0 Å². The number of benzene rings is 3. The lowest BCUT2D eigenvalue weighted by molar-refractivity contribution is 0.0691. The molecular formula is C21H17FN2O6S. The minimum Gasteiger partial charge on any atom is -0.478 e. The van der Waals surface area contributed by atoms with E-state index in [1.54, 1.807) is 36.4 Å². The van der Waals surface area contributed by atoms with E-state index in [0.29, 0.717) is 22.9 Å². The highest BCUT2D eigenvalue weighted by atomic mass is 32.2. The van der Waals surface area contributed by atoms with Crippen LogP contribution in [0.1, 0.15) is 20.7 Å². The number of hydrogen-bond donors (Lipinski definition) is 3. The van der Waals surface area contributed by atoms with Crippen LogP contribution in [0.4, 0.5) is 15.8 Å². The van der Waals surface area contributed by atoms with Crippen molar-refractivity contribution >= 4 is 33.3 Å². The van der Waals surface area contributed by atoms with Crippen LogP contribution in [0.3, 0.4) is 0 Å². The zero-order valence-corrected chi connectivity index (χ0v) is 16.9. The molecule has 0 aliphatic carbocycles. The van der Waals surface area contributed by atoms with Crippen molar-refractivity contribution in [3.8, 4) is 11.5 Å². The maximum absolute atomic E-state index is 14.0. The summed E-state index contributed by atoms with van der Waals surface area (Å²) in [6.07, 6.45) is 1.05. The van der Waals surface area contributed by atoms with Crippen LogP contribution >= 0.6 is 0 Å². The molecule has 0 saturated heterocycles. The van der Waals surface area contributed by atoms with Crippen LogP contribution in [0.25, 0.3) is 0 Å². The zero-order valence-electron chi connectivity index (χ0n) is 16.1. The number of halogens is 1. The maximum Gasteiger partial charge on any atom is 0.336 e. The zero-order chi connectivity index (χ0) is 22.6. The predicted octanol–water partition coefficient (Wildman–Crippen LogP) is 3.94. The Kier molecular flexibility index (Phi) is 6.21. The lowest BCUT2D eigenvalue weighted by Crippen LogP contribution is -2.18. The molecule has 0 fully saturated rings. The Labute approximate surface area is 177 Å². The molecule has 0 bridgehead atoms. The van der Waals surface area contributed by atoms with Crippen molar-refractivity contribution in [3.63, 3.8) is 0 Å². The van der Waals surface area contributed by atoms with Gasteiger partial charge in [-0.1, -0.05) is 6.07 Å². The standard InChI is InChI=1S/C21H17FN2O6S/c1-31(28,29)24-14-7-11-16(12-8-14)30-15-9-5-13(6-10-15)23-20(25)19-17(21(26)27)3-2-4-18(19)22/h2-12,24H,1H3,(H,23,25)(H,26,27). The Morgan fingerprint density at radius 3 is 1.97 bits per heavy atom. The molecule has 3 N–H and O–H groups in total. The largest absolute Gasteiger partial charge is 0.478 e. The van der Waals surface area contributed by atoms with Crippen LogP contribution in [-0.2, 0) is 10.0 Å². The SMILES string of the molecule is CS(=O)(=O)Nc1ccc(Oc2ccc(NC(=O)c3c(F)cccc3C(=O)O)cc2)cc1. The number of ether oxygens (including phenoxy) is 1. The van der Waals surface area contributed by atoms with Crippen molar-refractivity contribution in [3.05, 3.63) is 83.7 Å². The third kappa shape index (κ3) is 5.80. The number of carbonyl (C=O) groups excluding carboxylic acids is 1. The monoisotopic (exact) mass is 444 g/mol. The fraction of sp³-hybridized carbons (Fsp3) is 0.0476. The average Bonchev–Trinajstić information content (AvgIpc) is 2.69. The molecular weight excluding hydrogens is 427 g/mol. The Morgan fingerprint density at radius 2 is 1.45 bits per heavy atom. The van der Waals surface area contributed by atoms with Gasteiger partial charge in [0.1, 0.15) is 17.3 Å². The number of sulfonamides is 1. The van der Waals surface area contributed by atoms with Crippen LogP contribution in [0.15, 0.2) is 66.7 Å². The molecule has 0 saturated carbocycles. The molecule has 3 rings (SSSR count). The van der Waals surface area contributed by atoms with Crippen molar-refractivity contribution in [2.24, 2.45) is 0 Å². The second-order valence-corrected chi connectivity index (χ2v) is 8.20. The van der Waals surface area contributed by atoms with E-state index in [4.69, 9.17) is 9.84 Å². The highest BCUT2D eigenvalue weighted by Crippen LogP contribution is 2.25. The van der Waals surface area contributed by atoms with Gasteiger partial charge in [-0.3, -0.25) is 9.52 Å². The first-order chi connectivity index (χ1) is 14.6. The first-order valence-electron chi connectivity index (χ1n) is 8.81. The van der Waals surface area contributed by atoms with E-state index in [-0.39, 0.29) is 0 Å². The minimum absolute atomic E-state index is 0.310. The Bertz CT molecular complexity index is 1230. The van der Waals surface area contributed by atoms with Crippen LogP contribution in [0.2, 0.25) is 0 Å². The quantitative estimate of drug-likeness (QED) is 0.507. The van der Waals surface area contributed by atoms with Gasteiger partial charge in [-0.15, -0.1) is 0 Å². The molecule has 0 heterocycles. The molecule has 8 nitrogen and oxygen atoms in total. The van der Waals surface area contributed by atoms with E-state index in [1.807, 2.05) is 0 Å². The Balaban J connectivity index is 1.69. The number of aromatic carboxylic acids is 1. The number of carboxylic acids is 1. The van der Waals surface area contributed by atoms with Gasteiger partial charge in [0.05, 0.1) is 17.4 Å². The molecule has 0 aliphatic heterocycles. The van der Waals surface area contributed by atoms with Gasteiger partial charge >= 0.3 is 5.97 Å². The summed E-state index contributed by atoms with van der Waals surface area (Å²) in [6.45, 7) is 0. The van der Waals surface area contributed by atoms with Gasteiger partial charge in [0.15, 0.2) is 0 Å². The first-order valence-corrected chi connectivity index (χ1v) is 10.7. The van der Waals surface area contributed by atoms with Crippen molar-refractivity contribution in [2.75, 3.05) is 16.3 Å². The van der Waals surface area contributed by atoms with Gasteiger partial charge < -0.3 is 15.2 Å². The lowest BCUT2D eigenvalue weighted by Gasteiger charge is -2.10. The van der Waals surface area contributed by atoms with Gasteiger partial charge in [0.2, 0.25) is 10.0 Å². The maximum atomic E-state index is 14.0. The predicted molar refractivity (Wildman–Crippen MR) is 113 cm³/mol. The Morgan fingerprint density at radius 1 is 0.903 bits per heavy atom. The van der Waals surface area contributed by atoms with Gasteiger partial charge in [0, 0.05) is 11.4 Å². The summed E-state index contributed by atoms with van der Waals surface area (Å²) in [7, 11) is -3.38. The second-order valence-electron chi connectivity index (χ2n) is 6.45. The number of amides is 1. The van der Waals surface area contributed by atoms with Gasteiger partial charge in [-0.25, -0.2) is 17.6 Å². The molecule has 0 radical (unpaired) electrons. The molecule has 3 aromatic rings. The second kappa shape index (κ2) is 8.84. The molecule has 31 heavy (non-hydrogen) atoms. The fourth-order valence-electron chi connectivity index (χ4n) is 2.67. The van der Waals surface area contributed by atoms with E-state index in [0.717, 1.165) is 18.4 Å². The topological polar surface area (TPSA) is 122 Å². The van der Waals surface area contributed by atoms with Gasteiger partial charge in [0.25, 0.3) is 5.91 Å². The summed E-state index contributed by atoms with van der Waals surface area (Å²) in [5.41, 5.74) is -0.296. The van der Waals surface area contributed by atoms with Crippen LogP contribution < -0.4 is 14.8 Å². The van der Waals surface area contributed by atoms with Crippen molar-refractivity contribution in [1.29, 1.82) is 0 Å². The van der Waals surface area contributed by atoms with Crippen molar-refractivity contribution < 1.29 is 32.2 Å². The molecule has 3 aromatic carbocycles. The summed E-state index contributed by atoms with van der Waals surface area (Å²) >= 11 is 0. The number of carbonyl (C=O) groups is 2. The number of anilines is 2. The van der Waals surface area contributed by atoms with Crippen molar-refractivity contribution in [1.82, 2.24) is 0 Å². The molecule has 10 heteroatoms. The average molecular weight is 444 g/mol. The highest BCUT2D eigenvalue weighted by molar-refractivity contribution is 7.92. The van der Waals surface area contributed by atoms with Crippen molar-refractivity contribution in [2.45, 2.75) is 0 Å². The van der Waals surface area contributed by atoms with E-state index in [9.17, 15) is 22.4 Å². The van der Waals surface area contributed by atoms with Crippen LogP contribution in [-0.4, -0.2) is 31.7 Å². The summed E-state index contributed by atoms with van der Waals surface area (Å²) in [5.74, 6) is -2.36. The summed E-state index contributed by atoms with van der Waals surface area (Å²) in [5, 5.41) is 11.6. The fourth-order valence-corrected chi connectivity index (χ4v) is 3.24. The molecule has 0 unspecified atom stereocenters. The molecule has 160 valence electrons. The summed E-state index contributed by atoms with van der Waals surface area (Å²) < 4.78 is 44.4.